The molecule has 0 aliphatic carbocycles. The lowest BCUT2D eigenvalue weighted by Gasteiger charge is -2.43. The van der Waals surface area contributed by atoms with Crippen molar-refractivity contribution in [3.63, 3.8) is 0 Å². The topological polar surface area (TPSA) is 50.6 Å². The van der Waals surface area contributed by atoms with Crippen LogP contribution in [0.1, 0.15) is 12.5 Å². The quantitative estimate of drug-likeness (QED) is 0.545. The van der Waals surface area contributed by atoms with E-state index in [1.54, 1.807) is 29.8 Å². The van der Waals surface area contributed by atoms with Crippen LogP contribution in [0.25, 0.3) is 10.9 Å². The summed E-state index contributed by atoms with van der Waals surface area (Å²) in [5.41, 5.74) is -0.0434. The molecule has 1 saturated heterocycles. The van der Waals surface area contributed by atoms with Crippen molar-refractivity contribution in [3.05, 3.63) is 26.9 Å². The molecule has 3 heterocycles. The molecule has 134 valence electrons. The minimum atomic E-state index is -0.511. The lowest BCUT2D eigenvalue weighted by atomic mass is 10.1. The predicted molar refractivity (Wildman–Crippen MR) is 104 cm³/mol. The molecule has 0 saturated carbocycles. The first kappa shape index (κ1) is 17.3. The highest BCUT2D eigenvalue weighted by Gasteiger charge is 2.37. The highest BCUT2D eigenvalue weighted by Crippen LogP contribution is 2.44. The van der Waals surface area contributed by atoms with Crippen LogP contribution in [0.3, 0.4) is 0 Å². The first-order valence-electron chi connectivity index (χ1n) is 8.01. The Hall–Kier alpha value is -1.13. The second-order valence-electron chi connectivity index (χ2n) is 6.71. The molecule has 0 bridgehead atoms. The largest absolute Gasteiger partial charge is 0.489 e. The molecular weight excluding hydrogens is 462 g/mol. The van der Waals surface area contributed by atoms with Crippen LogP contribution in [0.15, 0.2) is 4.79 Å². The minimum Gasteiger partial charge on any atom is -0.489 e. The van der Waals surface area contributed by atoms with Crippen LogP contribution in [0.4, 0.5) is 10.2 Å². The van der Waals surface area contributed by atoms with Gasteiger partial charge in [0.25, 0.3) is 0 Å². The molecule has 1 fully saturated rings. The van der Waals surface area contributed by atoms with Crippen molar-refractivity contribution >= 4 is 51.2 Å². The summed E-state index contributed by atoms with van der Waals surface area (Å²) < 4.78 is 22.2. The van der Waals surface area contributed by atoms with Gasteiger partial charge in [-0.1, -0.05) is 11.6 Å². The molecule has 0 spiro atoms. The Balaban J connectivity index is 2.09. The number of aromatic nitrogens is 2. The van der Waals surface area contributed by atoms with Gasteiger partial charge in [0, 0.05) is 24.7 Å². The van der Waals surface area contributed by atoms with Crippen LogP contribution in [-0.2, 0) is 0 Å². The third-order valence-electron chi connectivity index (χ3n) is 5.16. The number of nitrogens with zero attached hydrogens (tertiary/aromatic N) is 4. The molecule has 9 heteroatoms. The van der Waals surface area contributed by atoms with Gasteiger partial charge in [-0.3, -0.25) is 4.90 Å². The fourth-order valence-electron chi connectivity index (χ4n) is 3.56. The predicted octanol–water partition coefficient (Wildman–Crippen LogP) is 2.60. The zero-order valence-electron chi connectivity index (χ0n) is 14.0. The average molecular weight is 479 g/mol. The van der Waals surface area contributed by atoms with Gasteiger partial charge >= 0.3 is 5.69 Å². The molecule has 1 aromatic carbocycles. The van der Waals surface area contributed by atoms with E-state index in [0.717, 1.165) is 6.54 Å². The third kappa shape index (κ3) is 2.44. The van der Waals surface area contributed by atoms with E-state index in [4.69, 9.17) is 16.3 Å². The molecule has 25 heavy (non-hydrogen) atoms. The second-order valence-corrected chi connectivity index (χ2v) is 8.05. The van der Waals surface area contributed by atoms with E-state index in [9.17, 15) is 9.18 Å². The summed E-state index contributed by atoms with van der Waals surface area (Å²) in [7, 11) is 2.06. The lowest BCUT2D eigenvalue weighted by molar-refractivity contribution is 0.166. The SMILES string of the molecule is Cc1c(Cl)c2c3c(nc(=O)n(I)c3c1F)N1CC(C)N(C)CC1CO2. The van der Waals surface area contributed by atoms with Crippen LogP contribution in [0, 0.1) is 12.7 Å². The average Bonchev–Trinajstić information content (AvgIpc) is 2.71. The first-order valence-corrected chi connectivity index (χ1v) is 9.35. The number of likely N-dealkylation sites (N-methyl/N-ethyl adjacent to an activating group) is 1. The number of fused-ring (bicyclic) bond motifs is 2. The lowest BCUT2D eigenvalue weighted by Crippen LogP contribution is -2.58. The Labute approximate surface area is 163 Å². The Kier molecular flexibility index (Phi) is 4.12. The number of hydrogen-bond acceptors (Lipinski definition) is 5. The van der Waals surface area contributed by atoms with Crippen LogP contribution in [0.5, 0.6) is 5.75 Å². The summed E-state index contributed by atoms with van der Waals surface area (Å²) >= 11 is 8.17. The number of benzene rings is 1. The smallest absolute Gasteiger partial charge is 0.359 e. The number of ether oxygens (including phenoxy) is 1. The van der Waals surface area contributed by atoms with E-state index in [-0.39, 0.29) is 28.2 Å². The van der Waals surface area contributed by atoms with E-state index >= 15 is 0 Å². The van der Waals surface area contributed by atoms with Gasteiger partial charge in [0.05, 0.1) is 39.3 Å². The van der Waals surface area contributed by atoms with Gasteiger partial charge in [-0.2, -0.15) is 4.98 Å². The molecule has 0 N–H and O–H groups in total. The standard InChI is InChI=1S/C16H17ClFIN4O2/c1-7-4-22-9(5-21(7)3)6-25-14-10-13(12(18)8(2)11(14)17)23(19)16(24)20-15(10)22/h7,9H,4-6H2,1-3H3. The van der Waals surface area contributed by atoms with Crippen molar-refractivity contribution in [1.82, 2.24) is 12.7 Å². The Morgan fingerprint density at radius 2 is 2.12 bits per heavy atom. The summed E-state index contributed by atoms with van der Waals surface area (Å²) in [6.45, 7) is 5.56. The van der Waals surface area contributed by atoms with E-state index in [2.05, 4.69) is 28.8 Å². The fourth-order valence-corrected chi connectivity index (χ4v) is 4.35. The maximum atomic E-state index is 15.0. The van der Waals surface area contributed by atoms with Crippen molar-refractivity contribution in [2.24, 2.45) is 0 Å². The summed E-state index contributed by atoms with van der Waals surface area (Å²) in [5, 5.41) is 0.714. The molecule has 4 rings (SSSR count). The zero-order chi connectivity index (χ0) is 18.0. The van der Waals surface area contributed by atoms with Gasteiger partial charge in [0.15, 0.2) is 11.6 Å². The number of rotatable bonds is 0. The van der Waals surface area contributed by atoms with E-state index in [0.29, 0.717) is 30.1 Å². The van der Waals surface area contributed by atoms with Crippen molar-refractivity contribution in [2.45, 2.75) is 25.9 Å². The number of anilines is 1. The van der Waals surface area contributed by atoms with E-state index < -0.39 is 11.5 Å². The maximum absolute atomic E-state index is 15.0. The van der Waals surface area contributed by atoms with Gasteiger partial charge in [-0.05, 0) is 20.9 Å². The zero-order valence-corrected chi connectivity index (χ0v) is 16.9. The van der Waals surface area contributed by atoms with Gasteiger partial charge in [0.1, 0.15) is 17.9 Å². The third-order valence-corrected chi connectivity index (χ3v) is 6.51. The van der Waals surface area contributed by atoms with Gasteiger partial charge in [-0.25, -0.2) is 12.0 Å². The minimum absolute atomic E-state index is 0.0215. The molecule has 6 nitrogen and oxygen atoms in total. The molecule has 1 aromatic heterocycles. The summed E-state index contributed by atoms with van der Waals surface area (Å²) in [6.07, 6.45) is 0. The summed E-state index contributed by atoms with van der Waals surface area (Å²) in [6, 6.07) is 0.302. The van der Waals surface area contributed by atoms with Gasteiger partial charge in [-0.15, -0.1) is 0 Å². The Morgan fingerprint density at radius 3 is 2.84 bits per heavy atom. The van der Waals surface area contributed by atoms with Crippen molar-refractivity contribution in [3.8, 4) is 5.75 Å². The molecule has 2 aromatic rings. The normalized spacial score (nSPS) is 23.4. The monoisotopic (exact) mass is 478 g/mol. The maximum Gasteiger partial charge on any atom is 0.359 e. The van der Waals surface area contributed by atoms with E-state index in [1.807, 2.05) is 0 Å². The summed E-state index contributed by atoms with van der Waals surface area (Å²) in [5.74, 6) is 0.363. The number of piperazine rings is 1. The van der Waals surface area contributed by atoms with E-state index in [1.165, 1.54) is 2.78 Å². The van der Waals surface area contributed by atoms with Crippen LogP contribution < -0.4 is 15.3 Å². The molecule has 2 aliphatic heterocycles. The van der Waals surface area contributed by atoms with Crippen molar-refractivity contribution < 1.29 is 9.13 Å². The molecule has 0 radical (unpaired) electrons. The number of hydrogen-bond donors (Lipinski definition) is 0. The van der Waals surface area contributed by atoms with Crippen LogP contribution >= 0.6 is 34.5 Å². The van der Waals surface area contributed by atoms with Crippen LogP contribution in [-0.4, -0.2) is 51.5 Å². The second kappa shape index (κ2) is 5.95. The molecule has 2 unspecified atom stereocenters. The molecular formula is C16H17ClFIN4O2. The van der Waals surface area contributed by atoms with Crippen molar-refractivity contribution in [1.29, 1.82) is 0 Å². The fraction of sp³-hybridized carbons (Fsp3) is 0.500. The highest BCUT2D eigenvalue weighted by atomic mass is 127. The van der Waals surface area contributed by atoms with Gasteiger partial charge < -0.3 is 9.64 Å². The molecule has 0 amide bonds. The first-order chi connectivity index (χ1) is 11.8. The van der Waals surface area contributed by atoms with Gasteiger partial charge in [0.2, 0.25) is 0 Å². The highest BCUT2D eigenvalue weighted by molar-refractivity contribution is 14.1. The number of halogens is 3. The molecule has 2 atom stereocenters. The Morgan fingerprint density at radius 1 is 1.40 bits per heavy atom. The summed E-state index contributed by atoms with van der Waals surface area (Å²) in [4.78, 5) is 20.9. The Bertz CT molecular complexity index is 950. The molecule has 2 aliphatic rings. The van der Waals surface area contributed by atoms with Crippen molar-refractivity contribution in [2.75, 3.05) is 31.6 Å². The van der Waals surface area contributed by atoms with Crippen LogP contribution in [0.2, 0.25) is 5.02 Å².